The zero-order valence-corrected chi connectivity index (χ0v) is 33.9. The van der Waals surface area contributed by atoms with Crippen LogP contribution in [0.4, 0.5) is 11.4 Å². The summed E-state index contributed by atoms with van der Waals surface area (Å²) in [5.41, 5.74) is 11.2. The van der Waals surface area contributed by atoms with Gasteiger partial charge in [0.25, 0.3) is 0 Å². The summed E-state index contributed by atoms with van der Waals surface area (Å²) in [5.74, 6) is 9.96. The van der Waals surface area contributed by atoms with E-state index in [1.54, 1.807) is 0 Å². The predicted molar refractivity (Wildman–Crippen MR) is 210 cm³/mol. The van der Waals surface area contributed by atoms with Crippen molar-refractivity contribution >= 4 is 22.8 Å². The van der Waals surface area contributed by atoms with Crippen molar-refractivity contribution in [3.8, 4) is 11.8 Å². The molecular weight excluding hydrogens is 581 g/mol. The standard InChI is InChI=1S/C46H70N2/c1-17-45(18-2)29-43(13,14)47(41-35(31(5)6)23-21-24-36(41)32(7)8)39(45)27-28-40-46(19-3,20-4)30-44(15,16)48(40)42-37(33(9)10)25-22-26-38(42)34(11)12/h21-26,31-34H,17-20,29-30H2,1-16H3/q+2. The third kappa shape index (κ3) is 6.38. The lowest BCUT2D eigenvalue weighted by Crippen LogP contribution is -2.32. The second-order valence-electron chi connectivity index (χ2n) is 17.8. The minimum absolute atomic E-state index is 0.0361. The van der Waals surface area contributed by atoms with Gasteiger partial charge in [0.2, 0.25) is 22.8 Å². The fraction of sp³-hybridized carbons (Fsp3) is 0.652. The van der Waals surface area contributed by atoms with Gasteiger partial charge in [-0.1, -0.05) is 119 Å². The van der Waals surface area contributed by atoms with Gasteiger partial charge in [0, 0.05) is 74.6 Å². The highest BCUT2D eigenvalue weighted by Gasteiger charge is 2.58. The zero-order valence-electron chi connectivity index (χ0n) is 33.9. The lowest BCUT2D eigenvalue weighted by Gasteiger charge is -2.24. The van der Waals surface area contributed by atoms with Gasteiger partial charge in [-0.3, -0.25) is 0 Å². The van der Waals surface area contributed by atoms with Crippen LogP contribution in [0.1, 0.15) is 195 Å². The first-order valence-corrected chi connectivity index (χ1v) is 19.5. The van der Waals surface area contributed by atoms with Crippen LogP contribution >= 0.6 is 0 Å². The Kier molecular flexibility index (Phi) is 11.1. The van der Waals surface area contributed by atoms with E-state index in [4.69, 9.17) is 0 Å². The molecule has 0 aromatic heterocycles. The highest BCUT2D eigenvalue weighted by molar-refractivity contribution is 6.11. The molecule has 0 radical (unpaired) electrons. The second-order valence-corrected chi connectivity index (χ2v) is 17.8. The highest BCUT2D eigenvalue weighted by atomic mass is 15.2. The topological polar surface area (TPSA) is 6.02 Å². The van der Waals surface area contributed by atoms with E-state index in [-0.39, 0.29) is 21.9 Å². The molecule has 262 valence electrons. The number of benzene rings is 2. The molecule has 0 spiro atoms. The fourth-order valence-electron chi connectivity index (χ4n) is 9.60. The van der Waals surface area contributed by atoms with E-state index in [2.05, 4.69) is 168 Å². The van der Waals surface area contributed by atoms with Gasteiger partial charge in [0.15, 0.2) is 11.1 Å². The minimum atomic E-state index is -0.0500. The summed E-state index contributed by atoms with van der Waals surface area (Å²) < 4.78 is 5.48. The number of hydrogen-bond acceptors (Lipinski definition) is 0. The first-order chi connectivity index (χ1) is 22.4. The van der Waals surface area contributed by atoms with Crippen LogP contribution in [-0.2, 0) is 0 Å². The molecule has 2 heterocycles. The number of para-hydroxylation sites is 2. The van der Waals surface area contributed by atoms with Crippen molar-refractivity contribution in [2.75, 3.05) is 0 Å². The van der Waals surface area contributed by atoms with Gasteiger partial charge in [-0.2, -0.15) is 9.15 Å². The molecule has 0 amide bonds. The van der Waals surface area contributed by atoms with Crippen LogP contribution in [0.5, 0.6) is 0 Å². The number of hydrogen-bond donors (Lipinski definition) is 0. The van der Waals surface area contributed by atoms with Gasteiger partial charge in [0.05, 0.1) is 10.8 Å². The first kappa shape index (κ1) is 38.1. The van der Waals surface area contributed by atoms with E-state index < -0.39 is 0 Å². The van der Waals surface area contributed by atoms with Crippen molar-refractivity contribution in [1.29, 1.82) is 0 Å². The van der Waals surface area contributed by atoms with Crippen LogP contribution in [0.15, 0.2) is 36.4 Å². The summed E-state index contributed by atoms with van der Waals surface area (Å²) >= 11 is 0. The SMILES string of the molecule is CCC1(CC)CC(C)(C)[N+](c2c(C(C)C)cccc2C(C)C)=C1C#CC1=[N+](c2c(C(C)C)cccc2C(C)C)C(C)(C)CC1(CC)CC. The molecule has 0 aliphatic carbocycles. The molecule has 0 unspecified atom stereocenters. The van der Waals surface area contributed by atoms with Crippen LogP contribution in [0.2, 0.25) is 0 Å². The van der Waals surface area contributed by atoms with Gasteiger partial charge in [-0.05, 0) is 49.4 Å². The fourth-order valence-corrected chi connectivity index (χ4v) is 9.60. The molecule has 0 N–H and O–H groups in total. The minimum Gasteiger partial charge on any atom is -0.183 e. The average Bonchev–Trinajstić information content (AvgIpc) is 3.40. The lowest BCUT2D eigenvalue weighted by atomic mass is 9.72. The van der Waals surface area contributed by atoms with Crippen molar-refractivity contribution in [2.45, 2.75) is 184 Å². The van der Waals surface area contributed by atoms with Crippen LogP contribution in [-0.4, -0.2) is 31.7 Å². The summed E-state index contributed by atoms with van der Waals surface area (Å²) in [5, 5.41) is 0. The maximum absolute atomic E-state index is 4.13. The molecule has 2 aliphatic heterocycles. The van der Waals surface area contributed by atoms with E-state index in [1.165, 1.54) is 45.1 Å². The average molecular weight is 651 g/mol. The quantitative estimate of drug-likeness (QED) is 0.178. The van der Waals surface area contributed by atoms with Crippen molar-refractivity contribution in [2.24, 2.45) is 10.8 Å². The maximum atomic E-state index is 4.13. The molecule has 0 saturated carbocycles. The Morgan fingerprint density at radius 1 is 0.500 bits per heavy atom. The summed E-state index contributed by atoms with van der Waals surface area (Å²) in [6.45, 7) is 38.3. The smallest absolute Gasteiger partial charge is 0.183 e. The molecule has 2 heteroatoms. The normalized spacial score (nSPS) is 19.7. The van der Waals surface area contributed by atoms with Crippen molar-refractivity contribution in [3.63, 3.8) is 0 Å². The summed E-state index contributed by atoms with van der Waals surface area (Å²) in [6, 6.07) is 14.0. The third-order valence-electron chi connectivity index (χ3n) is 12.3. The van der Waals surface area contributed by atoms with E-state index in [0.717, 1.165) is 38.5 Å². The summed E-state index contributed by atoms with van der Waals surface area (Å²) in [6.07, 6.45) is 6.62. The molecule has 0 saturated heterocycles. The van der Waals surface area contributed by atoms with Crippen LogP contribution < -0.4 is 0 Å². The molecule has 48 heavy (non-hydrogen) atoms. The lowest BCUT2D eigenvalue weighted by molar-refractivity contribution is -0.516. The summed E-state index contributed by atoms with van der Waals surface area (Å²) in [4.78, 5) is 0. The summed E-state index contributed by atoms with van der Waals surface area (Å²) in [7, 11) is 0. The Bertz CT molecular complexity index is 1450. The van der Waals surface area contributed by atoms with Gasteiger partial charge in [-0.25, -0.2) is 0 Å². The Labute approximate surface area is 296 Å². The molecular formula is C46H70N2+2. The monoisotopic (exact) mass is 651 g/mol. The molecule has 0 atom stereocenters. The largest absolute Gasteiger partial charge is 0.240 e. The van der Waals surface area contributed by atoms with Crippen molar-refractivity contribution in [3.05, 3.63) is 58.7 Å². The van der Waals surface area contributed by atoms with Crippen molar-refractivity contribution < 1.29 is 9.15 Å². The van der Waals surface area contributed by atoms with Gasteiger partial charge in [0.1, 0.15) is 0 Å². The Hall–Kier alpha value is -2.66. The molecule has 2 aliphatic rings. The molecule has 2 aromatic carbocycles. The van der Waals surface area contributed by atoms with Crippen LogP contribution in [0, 0.1) is 22.7 Å². The van der Waals surface area contributed by atoms with Crippen molar-refractivity contribution in [1.82, 2.24) is 0 Å². The first-order valence-electron chi connectivity index (χ1n) is 19.5. The van der Waals surface area contributed by atoms with E-state index >= 15 is 0 Å². The molecule has 2 aromatic rings. The Morgan fingerprint density at radius 3 is 0.958 bits per heavy atom. The predicted octanol–water partition coefficient (Wildman–Crippen LogP) is 13.0. The molecule has 0 bridgehead atoms. The molecule has 2 nitrogen and oxygen atoms in total. The highest BCUT2D eigenvalue weighted by Crippen LogP contribution is 2.52. The van der Waals surface area contributed by atoms with E-state index in [9.17, 15) is 0 Å². The third-order valence-corrected chi connectivity index (χ3v) is 12.3. The van der Waals surface area contributed by atoms with Gasteiger partial charge < -0.3 is 0 Å². The molecule has 4 rings (SSSR count). The maximum Gasteiger partial charge on any atom is 0.240 e. The van der Waals surface area contributed by atoms with Crippen LogP contribution in [0.25, 0.3) is 0 Å². The van der Waals surface area contributed by atoms with E-state index in [1.807, 2.05) is 0 Å². The number of rotatable bonds is 10. The molecule has 0 fully saturated rings. The number of nitrogens with zero attached hydrogens (tertiary/aromatic N) is 2. The second kappa shape index (κ2) is 13.9. The van der Waals surface area contributed by atoms with Crippen LogP contribution in [0.3, 0.4) is 0 Å². The Morgan fingerprint density at radius 2 is 0.750 bits per heavy atom. The van der Waals surface area contributed by atoms with Gasteiger partial charge >= 0.3 is 0 Å². The van der Waals surface area contributed by atoms with Gasteiger partial charge in [-0.15, -0.1) is 0 Å². The zero-order chi connectivity index (χ0) is 36.0. The Balaban J connectivity index is 2.25. The van der Waals surface area contributed by atoms with E-state index in [0.29, 0.717) is 23.7 Å².